The van der Waals surface area contributed by atoms with Crippen molar-refractivity contribution in [1.82, 2.24) is 4.90 Å². The highest BCUT2D eigenvalue weighted by Crippen LogP contribution is 2.23. The first-order valence-corrected chi connectivity index (χ1v) is 5.41. The Hall–Kier alpha value is -1.40. The molecule has 2 unspecified atom stereocenters. The van der Waals surface area contributed by atoms with Gasteiger partial charge in [0, 0.05) is 17.6 Å². The summed E-state index contributed by atoms with van der Waals surface area (Å²) in [7, 11) is 1.92. The van der Waals surface area contributed by atoms with E-state index in [0.717, 1.165) is 0 Å². The molecule has 2 atom stereocenters. The second kappa shape index (κ2) is 5.62. The summed E-state index contributed by atoms with van der Waals surface area (Å²) in [5, 5.41) is 8.64. The molecule has 0 aliphatic heterocycles. The van der Waals surface area contributed by atoms with E-state index >= 15 is 0 Å². The van der Waals surface area contributed by atoms with E-state index in [-0.39, 0.29) is 17.9 Å². The fourth-order valence-electron chi connectivity index (χ4n) is 1.69. The van der Waals surface area contributed by atoms with E-state index in [1.54, 1.807) is 12.1 Å². The van der Waals surface area contributed by atoms with Crippen molar-refractivity contribution in [2.75, 3.05) is 7.05 Å². The fraction of sp³-hybridized carbons (Fsp3) is 0.462. The number of nitriles is 1. The minimum Gasteiger partial charge on any atom is -0.296 e. The van der Waals surface area contributed by atoms with Gasteiger partial charge in [-0.15, -0.1) is 0 Å². The van der Waals surface area contributed by atoms with Gasteiger partial charge in [-0.2, -0.15) is 5.26 Å². The van der Waals surface area contributed by atoms with Crippen molar-refractivity contribution in [3.63, 3.8) is 0 Å². The molecule has 0 N–H and O–H groups in total. The molecule has 16 heavy (non-hydrogen) atoms. The van der Waals surface area contributed by atoms with Crippen molar-refractivity contribution in [3.8, 4) is 6.07 Å². The molecular weight excluding hydrogens is 203 g/mol. The number of rotatable bonds is 4. The molecule has 2 nitrogen and oxygen atoms in total. The SMILES string of the molecule is CC(CC#N)N(C)C(C)c1ccccc1F. The van der Waals surface area contributed by atoms with Crippen LogP contribution in [0, 0.1) is 17.1 Å². The highest BCUT2D eigenvalue weighted by atomic mass is 19.1. The molecule has 0 radical (unpaired) electrons. The normalized spacial score (nSPS) is 14.5. The molecule has 0 saturated carbocycles. The summed E-state index contributed by atoms with van der Waals surface area (Å²) < 4.78 is 13.6. The van der Waals surface area contributed by atoms with Crippen molar-refractivity contribution in [1.29, 1.82) is 5.26 Å². The predicted molar refractivity (Wildman–Crippen MR) is 62.3 cm³/mol. The third kappa shape index (κ3) is 2.80. The minimum absolute atomic E-state index is 0.0236. The average Bonchev–Trinajstić information content (AvgIpc) is 2.28. The van der Waals surface area contributed by atoms with Crippen molar-refractivity contribution < 1.29 is 4.39 Å². The first-order valence-electron chi connectivity index (χ1n) is 5.41. The Labute approximate surface area is 96.3 Å². The molecule has 1 rings (SSSR count). The van der Waals surface area contributed by atoms with Crippen LogP contribution in [0.4, 0.5) is 4.39 Å². The zero-order valence-corrected chi connectivity index (χ0v) is 9.94. The summed E-state index contributed by atoms with van der Waals surface area (Å²) in [5.74, 6) is -0.189. The van der Waals surface area contributed by atoms with Crippen LogP contribution in [-0.4, -0.2) is 18.0 Å². The van der Waals surface area contributed by atoms with Crippen LogP contribution in [0.25, 0.3) is 0 Å². The number of nitrogens with zero attached hydrogens (tertiary/aromatic N) is 2. The van der Waals surface area contributed by atoms with Crippen LogP contribution in [0.5, 0.6) is 0 Å². The highest BCUT2D eigenvalue weighted by Gasteiger charge is 2.19. The summed E-state index contributed by atoms with van der Waals surface area (Å²) in [6.07, 6.45) is 0.454. The zero-order chi connectivity index (χ0) is 12.1. The molecule has 0 fully saturated rings. The van der Waals surface area contributed by atoms with Crippen LogP contribution in [0.3, 0.4) is 0 Å². The van der Waals surface area contributed by atoms with E-state index in [1.807, 2.05) is 31.9 Å². The Morgan fingerprint density at radius 3 is 2.56 bits per heavy atom. The van der Waals surface area contributed by atoms with Crippen LogP contribution in [0.15, 0.2) is 24.3 Å². The molecule has 0 aromatic heterocycles. The van der Waals surface area contributed by atoms with E-state index in [1.165, 1.54) is 6.07 Å². The summed E-state index contributed by atoms with van der Waals surface area (Å²) in [6, 6.07) is 9.01. The smallest absolute Gasteiger partial charge is 0.127 e. The lowest BCUT2D eigenvalue weighted by Gasteiger charge is -2.29. The molecule has 0 heterocycles. The zero-order valence-electron chi connectivity index (χ0n) is 9.94. The number of halogens is 1. The molecule has 0 saturated heterocycles. The molecule has 1 aromatic rings. The molecule has 0 spiro atoms. The maximum Gasteiger partial charge on any atom is 0.127 e. The molecule has 0 aliphatic rings. The quantitative estimate of drug-likeness (QED) is 0.779. The van der Waals surface area contributed by atoms with Gasteiger partial charge < -0.3 is 0 Å². The molecule has 0 bridgehead atoms. The van der Waals surface area contributed by atoms with Gasteiger partial charge in [-0.3, -0.25) is 4.90 Å². The van der Waals surface area contributed by atoms with Crippen molar-refractivity contribution in [2.24, 2.45) is 0 Å². The van der Waals surface area contributed by atoms with Crippen molar-refractivity contribution >= 4 is 0 Å². The van der Waals surface area contributed by atoms with Crippen molar-refractivity contribution in [2.45, 2.75) is 32.4 Å². The Balaban J connectivity index is 2.82. The third-order valence-corrected chi connectivity index (χ3v) is 3.05. The summed E-state index contributed by atoms with van der Waals surface area (Å²) in [5.41, 5.74) is 0.676. The minimum atomic E-state index is -0.189. The lowest BCUT2D eigenvalue weighted by molar-refractivity contribution is 0.196. The number of benzene rings is 1. The molecule has 86 valence electrons. The summed E-state index contributed by atoms with van der Waals surface area (Å²) in [4.78, 5) is 2.02. The van der Waals surface area contributed by atoms with Gasteiger partial charge in [0.05, 0.1) is 12.5 Å². The van der Waals surface area contributed by atoms with Crippen LogP contribution < -0.4 is 0 Å². The lowest BCUT2D eigenvalue weighted by atomic mass is 10.0. The standard InChI is InChI=1S/C13H17FN2/c1-10(8-9-15)16(3)11(2)12-6-4-5-7-13(12)14/h4-7,10-11H,8H2,1-3H3. The summed E-state index contributed by atoms with van der Waals surface area (Å²) in [6.45, 7) is 3.92. The number of hydrogen-bond acceptors (Lipinski definition) is 2. The molecule has 0 aliphatic carbocycles. The van der Waals surface area contributed by atoms with Gasteiger partial charge in [-0.1, -0.05) is 18.2 Å². The first-order chi connectivity index (χ1) is 7.57. The molecule has 1 aromatic carbocycles. The molecule has 3 heteroatoms. The van der Waals surface area contributed by atoms with Crippen LogP contribution in [-0.2, 0) is 0 Å². The topological polar surface area (TPSA) is 27.0 Å². The average molecular weight is 220 g/mol. The van der Waals surface area contributed by atoms with Crippen LogP contribution in [0.1, 0.15) is 31.9 Å². The molecular formula is C13H17FN2. The second-order valence-corrected chi connectivity index (χ2v) is 4.07. The maximum absolute atomic E-state index is 13.6. The fourth-order valence-corrected chi connectivity index (χ4v) is 1.69. The van der Waals surface area contributed by atoms with Gasteiger partial charge >= 0.3 is 0 Å². The van der Waals surface area contributed by atoms with Gasteiger partial charge in [0.1, 0.15) is 5.82 Å². The van der Waals surface area contributed by atoms with Crippen LogP contribution >= 0.6 is 0 Å². The largest absolute Gasteiger partial charge is 0.296 e. The van der Waals surface area contributed by atoms with E-state index < -0.39 is 0 Å². The third-order valence-electron chi connectivity index (χ3n) is 3.05. The Morgan fingerprint density at radius 2 is 2.00 bits per heavy atom. The molecule has 0 amide bonds. The lowest BCUT2D eigenvalue weighted by Crippen LogP contribution is -2.31. The Bertz CT molecular complexity index is 384. The first kappa shape index (κ1) is 12.7. The predicted octanol–water partition coefficient (Wildman–Crippen LogP) is 3.12. The van der Waals surface area contributed by atoms with E-state index in [9.17, 15) is 4.39 Å². The second-order valence-electron chi connectivity index (χ2n) is 4.07. The van der Waals surface area contributed by atoms with Crippen molar-refractivity contribution in [3.05, 3.63) is 35.6 Å². The van der Waals surface area contributed by atoms with Crippen LogP contribution in [0.2, 0.25) is 0 Å². The van der Waals surface area contributed by atoms with E-state index in [2.05, 4.69) is 6.07 Å². The monoisotopic (exact) mass is 220 g/mol. The Morgan fingerprint density at radius 1 is 1.38 bits per heavy atom. The van der Waals surface area contributed by atoms with Gasteiger partial charge in [-0.05, 0) is 27.0 Å². The van der Waals surface area contributed by atoms with E-state index in [0.29, 0.717) is 12.0 Å². The Kier molecular flexibility index (Phi) is 4.45. The van der Waals surface area contributed by atoms with E-state index in [4.69, 9.17) is 5.26 Å². The van der Waals surface area contributed by atoms with Gasteiger partial charge in [0.15, 0.2) is 0 Å². The maximum atomic E-state index is 13.6. The van der Waals surface area contributed by atoms with Gasteiger partial charge in [0.2, 0.25) is 0 Å². The number of hydrogen-bond donors (Lipinski definition) is 0. The van der Waals surface area contributed by atoms with Gasteiger partial charge in [-0.25, -0.2) is 4.39 Å². The summed E-state index contributed by atoms with van der Waals surface area (Å²) >= 11 is 0. The van der Waals surface area contributed by atoms with Gasteiger partial charge in [0.25, 0.3) is 0 Å². The highest BCUT2D eigenvalue weighted by molar-refractivity contribution is 5.20.